The number of primary sulfonamides is 1. The van der Waals surface area contributed by atoms with Gasteiger partial charge in [-0.2, -0.15) is 0 Å². The molecule has 1 fully saturated rings. The highest BCUT2D eigenvalue weighted by Gasteiger charge is 2.20. The first-order chi connectivity index (χ1) is 9.49. The number of benzene rings is 1. The van der Waals surface area contributed by atoms with Gasteiger partial charge in [-0.1, -0.05) is 19.1 Å². The zero-order valence-corrected chi connectivity index (χ0v) is 12.5. The standard InChI is InChI=1S/C14H22N2O3S/c1-2-13-9-12(6-7-19-13)16-10-11-4-3-5-14(8-11)20(15,17)18/h3-5,8,12-13,16H,2,6-7,9-10H2,1H3,(H2,15,17,18). The highest BCUT2D eigenvalue weighted by Crippen LogP contribution is 2.17. The topological polar surface area (TPSA) is 81.4 Å². The van der Waals surface area contributed by atoms with Crippen molar-refractivity contribution in [3.63, 3.8) is 0 Å². The van der Waals surface area contributed by atoms with E-state index in [1.54, 1.807) is 12.1 Å². The normalized spacial score (nSPS) is 23.7. The summed E-state index contributed by atoms with van der Waals surface area (Å²) >= 11 is 0. The zero-order chi connectivity index (χ0) is 14.6. The van der Waals surface area contributed by atoms with E-state index in [-0.39, 0.29) is 4.90 Å². The van der Waals surface area contributed by atoms with E-state index in [4.69, 9.17) is 9.88 Å². The first-order valence-corrected chi connectivity index (χ1v) is 8.50. The molecule has 0 bridgehead atoms. The molecule has 0 aliphatic carbocycles. The lowest BCUT2D eigenvalue weighted by Crippen LogP contribution is -2.38. The zero-order valence-electron chi connectivity index (χ0n) is 11.7. The van der Waals surface area contributed by atoms with Crippen LogP contribution in [0.4, 0.5) is 0 Å². The summed E-state index contributed by atoms with van der Waals surface area (Å²) in [7, 11) is -3.63. The van der Waals surface area contributed by atoms with E-state index in [1.165, 1.54) is 6.07 Å². The molecule has 1 aromatic carbocycles. The molecule has 2 atom stereocenters. The van der Waals surface area contributed by atoms with Crippen LogP contribution in [0.15, 0.2) is 29.2 Å². The summed E-state index contributed by atoms with van der Waals surface area (Å²) in [6.45, 7) is 3.56. The quantitative estimate of drug-likeness (QED) is 0.860. The van der Waals surface area contributed by atoms with Gasteiger partial charge in [-0.05, 0) is 37.0 Å². The fraction of sp³-hybridized carbons (Fsp3) is 0.571. The Morgan fingerprint density at radius 3 is 2.95 bits per heavy atom. The van der Waals surface area contributed by atoms with Crippen LogP contribution >= 0.6 is 0 Å². The third-order valence-corrected chi connectivity index (χ3v) is 4.56. The Hall–Kier alpha value is -0.950. The second-order valence-corrected chi connectivity index (χ2v) is 6.76. The Morgan fingerprint density at radius 2 is 2.25 bits per heavy atom. The van der Waals surface area contributed by atoms with Gasteiger partial charge in [0.25, 0.3) is 0 Å². The second-order valence-electron chi connectivity index (χ2n) is 5.20. The van der Waals surface area contributed by atoms with Crippen LogP contribution in [0.5, 0.6) is 0 Å². The van der Waals surface area contributed by atoms with Crippen LogP contribution in [0.25, 0.3) is 0 Å². The van der Waals surface area contributed by atoms with Gasteiger partial charge in [0.1, 0.15) is 0 Å². The molecule has 1 aromatic rings. The molecule has 3 N–H and O–H groups in total. The van der Waals surface area contributed by atoms with Crippen molar-refractivity contribution in [2.75, 3.05) is 6.61 Å². The van der Waals surface area contributed by atoms with Crippen molar-refractivity contribution in [1.29, 1.82) is 0 Å². The molecular formula is C14H22N2O3S. The molecule has 0 radical (unpaired) electrons. The van der Waals surface area contributed by atoms with Gasteiger partial charge in [0.15, 0.2) is 0 Å². The molecule has 1 aliphatic heterocycles. The van der Waals surface area contributed by atoms with Gasteiger partial charge < -0.3 is 10.1 Å². The molecule has 6 heteroatoms. The third-order valence-electron chi connectivity index (χ3n) is 3.64. The Kier molecular flexibility index (Phi) is 5.15. The summed E-state index contributed by atoms with van der Waals surface area (Å²) < 4.78 is 28.3. The van der Waals surface area contributed by atoms with Crippen molar-refractivity contribution >= 4 is 10.0 Å². The van der Waals surface area contributed by atoms with E-state index in [9.17, 15) is 8.42 Å². The maximum atomic E-state index is 11.3. The number of ether oxygens (including phenoxy) is 1. The molecule has 0 saturated carbocycles. The Bertz CT molecular complexity index is 545. The van der Waals surface area contributed by atoms with Crippen LogP contribution in [-0.2, 0) is 21.3 Å². The first-order valence-electron chi connectivity index (χ1n) is 6.95. The van der Waals surface area contributed by atoms with Crippen molar-refractivity contribution in [3.05, 3.63) is 29.8 Å². The lowest BCUT2D eigenvalue weighted by atomic mass is 10.0. The van der Waals surface area contributed by atoms with E-state index in [0.29, 0.717) is 18.7 Å². The summed E-state index contributed by atoms with van der Waals surface area (Å²) in [4.78, 5) is 0.162. The van der Waals surface area contributed by atoms with Gasteiger partial charge >= 0.3 is 0 Å². The first kappa shape index (κ1) is 15.4. The number of nitrogens with one attached hydrogen (secondary N) is 1. The predicted molar refractivity (Wildman–Crippen MR) is 77.7 cm³/mol. The van der Waals surface area contributed by atoms with Gasteiger partial charge in [0, 0.05) is 19.2 Å². The number of nitrogens with two attached hydrogens (primary N) is 1. The van der Waals surface area contributed by atoms with Crippen molar-refractivity contribution in [3.8, 4) is 0 Å². The third kappa shape index (κ3) is 4.28. The summed E-state index contributed by atoms with van der Waals surface area (Å²) in [6.07, 6.45) is 3.35. The van der Waals surface area contributed by atoms with E-state index < -0.39 is 10.0 Å². The molecule has 0 aromatic heterocycles. The minimum Gasteiger partial charge on any atom is -0.378 e. The largest absolute Gasteiger partial charge is 0.378 e. The highest BCUT2D eigenvalue weighted by atomic mass is 32.2. The summed E-state index contributed by atoms with van der Waals surface area (Å²) in [5.74, 6) is 0. The second kappa shape index (κ2) is 6.67. The molecule has 112 valence electrons. The monoisotopic (exact) mass is 298 g/mol. The molecule has 2 rings (SSSR count). The average molecular weight is 298 g/mol. The SMILES string of the molecule is CCC1CC(NCc2cccc(S(N)(=O)=O)c2)CCO1. The van der Waals surface area contributed by atoms with E-state index in [2.05, 4.69) is 12.2 Å². The van der Waals surface area contributed by atoms with Crippen LogP contribution in [0.2, 0.25) is 0 Å². The molecular weight excluding hydrogens is 276 g/mol. The number of hydrogen-bond donors (Lipinski definition) is 2. The van der Waals surface area contributed by atoms with E-state index in [1.807, 2.05) is 6.07 Å². The molecule has 20 heavy (non-hydrogen) atoms. The summed E-state index contributed by atoms with van der Waals surface area (Å²) in [5.41, 5.74) is 0.927. The van der Waals surface area contributed by atoms with Crippen LogP contribution in [-0.4, -0.2) is 27.2 Å². The lowest BCUT2D eigenvalue weighted by molar-refractivity contribution is -0.000320. The highest BCUT2D eigenvalue weighted by molar-refractivity contribution is 7.89. The van der Waals surface area contributed by atoms with Crippen molar-refractivity contribution in [2.24, 2.45) is 5.14 Å². The average Bonchev–Trinajstić information content (AvgIpc) is 2.45. The number of sulfonamides is 1. The molecule has 1 heterocycles. The summed E-state index contributed by atoms with van der Waals surface area (Å²) in [6, 6.07) is 7.18. The van der Waals surface area contributed by atoms with Gasteiger partial charge in [-0.3, -0.25) is 0 Å². The molecule has 1 aliphatic rings. The predicted octanol–water partition coefficient (Wildman–Crippen LogP) is 1.38. The van der Waals surface area contributed by atoms with Gasteiger partial charge in [0.05, 0.1) is 11.0 Å². The number of rotatable bonds is 5. The van der Waals surface area contributed by atoms with Crippen molar-refractivity contribution < 1.29 is 13.2 Å². The fourth-order valence-corrected chi connectivity index (χ4v) is 3.03. The maximum Gasteiger partial charge on any atom is 0.238 e. The van der Waals surface area contributed by atoms with Crippen LogP contribution in [0, 0.1) is 0 Å². The molecule has 5 nitrogen and oxygen atoms in total. The minimum atomic E-state index is -3.63. The molecule has 0 spiro atoms. The maximum absolute atomic E-state index is 11.3. The smallest absolute Gasteiger partial charge is 0.238 e. The summed E-state index contributed by atoms with van der Waals surface area (Å²) in [5, 5.41) is 8.60. The van der Waals surface area contributed by atoms with Crippen molar-refractivity contribution in [1.82, 2.24) is 5.32 Å². The minimum absolute atomic E-state index is 0.162. The van der Waals surface area contributed by atoms with Crippen LogP contribution in [0.1, 0.15) is 31.7 Å². The molecule has 0 amide bonds. The number of hydrogen-bond acceptors (Lipinski definition) is 4. The van der Waals surface area contributed by atoms with E-state index >= 15 is 0 Å². The Balaban J connectivity index is 1.94. The van der Waals surface area contributed by atoms with Crippen LogP contribution < -0.4 is 10.5 Å². The molecule has 2 unspecified atom stereocenters. The van der Waals surface area contributed by atoms with Gasteiger partial charge in [-0.25, -0.2) is 13.6 Å². The molecule has 1 saturated heterocycles. The fourth-order valence-electron chi connectivity index (χ4n) is 2.44. The lowest BCUT2D eigenvalue weighted by Gasteiger charge is -2.29. The van der Waals surface area contributed by atoms with E-state index in [0.717, 1.165) is 31.4 Å². The van der Waals surface area contributed by atoms with Crippen LogP contribution in [0.3, 0.4) is 0 Å². The van der Waals surface area contributed by atoms with Crippen molar-refractivity contribution in [2.45, 2.75) is 49.8 Å². The Labute approximate surface area is 120 Å². The van der Waals surface area contributed by atoms with Gasteiger partial charge in [0.2, 0.25) is 10.0 Å². The Morgan fingerprint density at radius 1 is 1.45 bits per heavy atom. The van der Waals surface area contributed by atoms with Gasteiger partial charge in [-0.15, -0.1) is 0 Å².